The van der Waals surface area contributed by atoms with Gasteiger partial charge in [-0.2, -0.15) is 0 Å². The number of carboxylic acids is 1. The molecule has 8 nitrogen and oxygen atoms in total. The van der Waals surface area contributed by atoms with Gasteiger partial charge in [0, 0.05) is 18.4 Å². The van der Waals surface area contributed by atoms with Crippen LogP contribution in [0.5, 0.6) is 0 Å². The van der Waals surface area contributed by atoms with E-state index >= 15 is 0 Å². The Balaban J connectivity index is 2.65. The van der Waals surface area contributed by atoms with E-state index in [1.165, 1.54) is 31.3 Å². The van der Waals surface area contributed by atoms with Crippen molar-refractivity contribution < 1.29 is 23.1 Å². The van der Waals surface area contributed by atoms with Crippen LogP contribution in [0.4, 0.5) is 16.2 Å². The number of rotatable bonds is 6. The third-order valence-electron chi connectivity index (χ3n) is 2.23. The molecule has 0 saturated carbocycles. The number of hydrogen-bond acceptors (Lipinski definition) is 4. The van der Waals surface area contributed by atoms with Crippen molar-refractivity contribution in [2.75, 3.05) is 22.8 Å². The van der Waals surface area contributed by atoms with Gasteiger partial charge in [0.05, 0.1) is 12.2 Å². The smallest absolute Gasteiger partial charge is 0.318 e. The molecule has 0 fully saturated rings. The Labute approximate surface area is 116 Å². The van der Waals surface area contributed by atoms with Gasteiger partial charge in [-0.15, -0.1) is 0 Å². The van der Waals surface area contributed by atoms with Crippen molar-refractivity contribution in [2.45, 2.75) is 6.42 Å². The van der Waals surface area contributed by atoms with E-state index in [1.54, 1.807) is 0 Å². The summed E-state index contributed by atoms with van der Waals surface area (Å²) in [7, 11) is -2.23. The Bertz CT molecular complexity index is 583. The van der Waals surface area contributed by atoms with Crippen molar-refractivity contribution >= 4 is 33.4 Å². The molecule has 1 rings (SSSR count). The fraction of sp³-hybridized carbons (Fsp3) is 0.273. The lowest BCUT2D eigenvalue weighted by Crippen LogP contribution is -2.24. The maximum absolute atomic E-state index is 11.6. The Kier molecular flexibility index (Phi) is 5.32. The highest BCUT2D eigenvalue weighted by atomic mass is 32.2. The Morgan fingerprint density at radius 2 is 1.70 bits per heavy atom. The quantitative estimate of drug-likeness (QED) is 0.614. The number of carbonyl (C=O) groups is 2. The average Bonchev–Trinajstić information content (AvgIpc) is 2.38. The van der Waals surface area contributed by atoms with Gasteiger partial charge in [0.15, 0.2) is 0 Å². The van der Waals surface area contributed by atoms with Crippen LogP contribution in [-0.4, -0.2) is 38.3 Å². The second kappa shape index (κ2) is 6.75. The maximum atomic E-state index is 11.6. The minimum absolute atomic E-state index is 0.290. The SMILES string of the molecule is CNC(=O)Nc1ccc(NS(=O)(=O)CCC(=O)O)cc1. The molecule has 0 aliphatic rings. The molecule has 0 aliphatic heterocycles. The number of benzene rings is 1. The number of nitrogens with one attached hydrogen (secondary N) is 3. The maximum Gasteiger partial charge on any atom is 0.318 e. The van der Waals surface area contributed by atoms with Crippen molar-refractivity contribution in [1.29, 1.82) is 0 Å². The van der Waals surface area contributed by atoms with E-state index in [0.29, 0.717) is 5.69 Å². The second-order valence-corrected chi connectivity index (χ2v) is 5.69. The summed E-state index contributed by atoms with van der Waals surface area (Å²) in [5.41, 5.74) is 0.788. The molecule has 0 aromatic heterocycles. The first-order valence-electron chi connectivity index (χ1n) is 5.63. The first-order valence-corrected chi connectivity index (χ1v) is 7.29. The van der Waals surface area contributed by atoms with E-state index in [4.69, 9.17) is 5.11 Å². The summed E-state index contributed by atoms with van der Waals surface area (Å²) >= 11 is 0. The molecule has 0 atom stereocenters. The van der Waals surface area contributed by atoms with Crippen LogP contribution in [0.1, 0.15) is 6.42 Å². The molecule has 2 amide bonds. The van der Waals surface area contributed by atoms with Crippen molar-refractivity contribution in [3.8, 4) is 0 Å². The lowest BCUT2D eigenvalue weighted by molar-refractivity contribution is -0.136. The van der Waals surface area contributed by atoms with Crippen LogP contribution in [0, 0.1) is 0 Å². The fourth-order valence-electron chi connectivity index (χ4n) is 1.27. The predicted molar refractivity (Wildman–Crippen MR) is 74.2 cm³/mol. The normalized spacial score (nSPS) is 10.7. The zero-order valence-corrected chi connectivity index (χ0v) is 11.5. The lowest BCUT2D eigenvalue weighted by atomic mass is 10.3. The first-order chi connectivity index (χ1) is 9.32. The number of carbonyl (C=O) groups excluding carboxylic acids is 1. The molecule has 0 bridgehead atoms. The lowest BCUT2D eigenvalue weighted by Gasteiger charge is -2.08. The van der Waals surface area contributed by atoms with Gasteiger partial charge in [-0.3, -0.25) is 9.52 Å². The van der Waals surface area contributed by atoms with E-state index < -0.39 is 28.2 Å². The van der Waals surface area contributed by atoms with Crippen molar-refractivity contribution in [3.05, 3.63) is 24.3 Å². The molecule has 0 unspecified atom stereocenters. The number of urea groups is 1. The third-order valence-corrected chi connectivity index (χ3v) is 3.52. The molecule has 0 aliphatic carbocycles. The number of carboxylic acid groups (broad SMARTS) is 1. The van der Waals surface area contributed by atoms with E-state index in [2.05, 4.69) is 15.4 Å². The summed E-state index contributed by atoms with van der Waals surface area (Å²) in [6.45, 7) is 0. The second-order valence-electron chi connectivity index (χ2n) is 3.85. The van der Waals surface area contributed by atoms with E-state index in [0.717, 1.165) is 0 Å². The number of sulfonamides is 1. The van der Waals surface area contributed by atoms with E-state index in [9.17, 15) is 18.0 Å². The van der Waals surface area contributed by atoms with Crippen LogP contribution in [-0.2, 0) is 14.8 Å². The molecule has 0 radical (unpaired) electrons. The van der Waals surface area contributed by atoms with Crippen molar-refractivity contribution in [1.82, 2.24) is 5.32 Å². The van der Waals surface area contributed by atoms with E-state index in [-0.39, 0.29) is 11.7 Å². The average molecular weight is 301 g/mol. The van der Waals surface area contributed by atoms with Gasteiger partial charge in [0.2, 0.25) is 10.0 Å². The molecule has 1 aromatic rings. The van der Waals surface area contributed by atoms with Crippen LogP contribution in [0.15, 0.2) is 24.3 Å². The van der Waals surface area contributed by atoms with Gasteiger partial charge in [0.1, 0.15) is 0 Å². The van der Waals surface area contributed by atoms with Crippen LogP contribution >= 0.6 is 0 Å². The largest absolute Gasteiger partial charge is 0.481 e. The number of hydrogen-bond donors (Lipinski definition) is 4. The molecule has 0 spiro atoms. The van der Waals surface area contributed by atoms with Crippen molar-refractivity contribution in [3.63, 3.8) is 0 Å². The van der Waals surface area contributed by atoms with Crippen LogP contribution in [0.25, 0.3) is 0 Å². The van der Waals surface area contributed by atoms with Crippen molar-refractivity contribution in [2.24, 2.45) is 0 Å². The minimum atomic E-state index is -3.70. The van der Waals surface area contributed by atoms with Gasteiger partial charge in [-0.25, -0.2) is 13.2 Å². The van der Waals surface area contributed by atoms with Gasteiger partial charge >= 0.3 is 12.0 Å². The van der Waals surface area contributed by atoms with Gasteiger partial charge in [0.25, 0.3) is 0 Å². The minimum Gasteiger partial charge on any atom is -0.481 e. The Hall–Kier alpha value is -2.29. The summed E-state index contributed by atoms with van der Waals surface area (Å²) in [5.74, 6) is -1.68. The zero-order valence-electron chi connectivity index (χ0n) is 10.7. The van der Waals surface area contributed by atoms with E-state index in [1.807, 2.05) is 0 Å². The van der Waals surface area contributed by atoms with Crippen LogP contribution in [0.2, 0.25) is 0 Å². The Morgan fingerprint density at radius 1 is 1.15 bits per heavy atom. The van der Waals surface area contributed by atoms with Crippen LogP contribution < -0.4 is 15.4 Å². The monoisotopic (exact) mass is 301 g/mol. The molecule has 110 valence electrons. The van der Waals surface area contributed by atoms with Gasteiger partial charge in [-0.1, -0.05) is 0 Å². The molecule has 20 heavy (non-hydrogen) atoms. The number of aliphatic carboxylic acids is 1. The molecule has 4 N–H and O–H groups in total. The highest BCUT2D eigenvalue weighted by molar-refractivity contribution is 7.92. The summed E-state index contributed by atoms with van der Waals surface area (Å²) in [5, 5.41) is 13.3. The molecular formula is C11H15N3O5S. The Morgan fingerprint density at radius 3 is 2.20 bits per heavy atom. The first kappa shape index (κ1) is 15.8. The molecule has 1 aromatic carbocycles. The molecule has 0 saturated heterocycles. The number of amides is 2. The highest BCUT2D eigenvalue weighted by Gasteiger charge is 2.12. The topological polar surface area (TPSA) is 125 Å². The fourth-order valence-corrected chi connectivity index (χ4v) is 2.31. The molecule has 9 heteroatoms. The molecular weight excluding hydrogens is 286 g/mol. The summed E-state index contributed by atoms with van der Waals surface area (Å²) in [6, 6.07) is 5.57. The standard InChI is InChI=1S/C11H15N3O5S/c1-12-11(17)13-8-2-4-9(5-3-8)14-20(18,19)7-6-10(15)16/h2-5,14H,6-7H2,1H3,(H,15,16)(H2,12,13,17). The van der Waals surface area contributed by atoms with Crippen LogP contribution in [0.3, 0.4) is 0 Å². The zero-order chi connectivity index (χ0) is 15.2. The summed E-state index contributed by atoms with van der Waals surface area (Å²) in [4.78, 5) is 21.4. The predicted octanol–water partition coefficient (Wildman–Crippen LogP) is 0.654. The van der Waals surface area contributed by atoms with Gasteiger partial charge in [-0.05, 0) is 24.3 Å². The van der Waals surface area contributed by atoms with Gasteiger partial charge < -0.3 is 15.7 Å². The third kappa shape index (κ3) is 5.57. The highest BCUT2D eigenvalue weighted by Crippen LogP contribution is 2.15. The summed E-state index contributed by atoms with van der Waals surface area (Å²) in [6.07, 6.45) is -0.467. The number of anilines is 2. The molecule has 0 heterocycles. The summed E-state index contributed by atoms with van der Waals surface area (Å²) < 4.78 is 25.4.